The van der Waals surface area contributed by atoms with Crippen molar-refractivity contribution in [3.05, 3.63) is 65.7 Å². The van der Waals surface area contributed by atoms with Crippen LogP contribution in [0.3, 0.4) is 0 Å². The second-order valence-electron chi connectivity index (χ2n) is 4.02. The van der Waals surface area contributed by atoms with Crippen molar-refractivity contribution in [3.63, 3.8) is 0 Å². The van der Waals surface area contributed by atoms with Gasteiger partial charge in [0.15, 0.2) is 5.78 Å². The summed E-state index contributed by atoms with van der Waals surface area (Å²) in [6.45, 7) is 0. The minimum absolute atomic E-state index is 0.101. The second kappa shape index (κ2) is 6.25. The number of thioether (sulfide) groups is 1. The molecular weight excluding hydrogens is 256 g/mol. The van der Waals surface area contributed by atoms with Crippen molar-refractivity contribution in [2.45, 2.75) is 4.90 Å². The first kappa shape index (κ1) is 13.4. The average molecular weight is 270 g/mol. The van der Waals surface area contributed by atoms with Crippen molar-refractivity contribution < 1.29 is 9.90 Å². The number of aromatic hydroxyl groups is 1. The molecule has 0 aliphatic rings. The fraction of sp³-hybridized carbons (Fsp3) is 0.0625. The topological polar surface area (TPSA) is 37.3 Å². The number of phenolic OH excluding ortho intramolecular Hbond substituents is 1. The van der Waals surface area contributed by atoms with Crippen LogP contribution in [-0.2, 0) is 0 Å². The lowest BCUT2D eigenvalue weighted by Gasteiger charge is -1.98. The summed E-state index contributed by atoms with van der Waals surface area (Å²) in [5, 5.41) is 9.33. The van der Waals surface area contributed by atoms with Crippen LogP contribution in [0.15, 0.2) is 59.5 Å². The first-order valence-electron chi connectivity index (χ1n) is 5.84. The number of ketones is 1. The fourth-order valence-corrected chi connectivity index (χ4v) is 2.05. The van der Waals surface area contributed by atoms with Crippen LogP contribution in [-0.4, -0.2) is 17.1 Å². The van der Waals surface area contributed by atoms with E-state index < -0.39 is 0 Å². The van der Waals surface area contributed by atoms with Crippen molar-refractivity contribution in [3.8, 4) is 5.75 Å². The normalized spacial score (nSPS) is 10.8. The molecule has 2 rings (SSSR count). The molecule has 0 atom stereocenters. The Labute approximate surface area is 116 Å². The smallest absolute Gasteiger partial charge is 0.185 e. The van der Waals surface area contributed by atoms with Crippen LogP contribution in [0.1, 0.15) is 15.9 Å². The Morgan fingerprint density at radius 1 is 1.16 bits per heavy atom. The number of benzene rings is 2. The van der Waals surface area contributed by atoms with Gasteiger partial charge < -0.3 is 5.11 Å². The maximum Gasteiger partial charge on any atom is 0.185 e. The summed E-state index contributed by atoms with van der Waals surface area (Å²) in [7, 11) is 0. The first-order valence-corrected chi connectivity index (χ1v) is 7.07. The molecule has 0 saturated heterocycles. The molecule has 0 unspecified atom stereocenters. The van der Waals surface area contributed by atoms with E-state index in [-0.39, 0.29) is 11.5 Å². The van der Waals surface area contributed by atoms with Gasteiger partial charge in [0.25, 0.3) is 0 Å². The Hall–Kier alpha value is -2.00. The third kappa shape index (κ3) is 3.73. The van der Waals surface area contributed by atoms with Crippen molar-refractivity contribution in [2.75, 3.05) is 6.26 Å². The van der Waals surface area contributed by atoms with Gasteiger partial charge in [-0.15, -0.1) is 11.8 Å². The van der Waals surface area contributed by atoms with Crippen LogP contribution < -0.4 is 0 Å². The van der Waals surface area contributed by atoms with Crippen LogP contribution in [0, 0.1) is 0 Å². The van der Waals surface area contributed by atoms with Gasteiger partial charge in [0.05, 0.1) is 0 Å². The Bertz CT molecular complexity index is 600. The minimum atomic E-state index is -0.121. The van der Waals surface area contributed by atoms with E-state index in [1.165, 1.54) is 17.0 Å². The summed E-state index contributed by atoms with van der Waals surface area (Å²) in [6, 6.07) is 14.3. The van der Waals surface area contributed by atoms with Crippen molar-refractivity contribution in [1.29, 1.82) is 0 Å². The summed E-state index contributed by atoms with van der Waals surface area (Å²) in [4.78, 5) is 13.1. The highest BCUT2D eigenvalue weighted by Crippen LogP contribution is 2.16. The zero-order valence-electron chi connectivity index (χ0n) is 10.5. The Morgan fingerprint density at radius 3 is 2.53 bits per heavy atom. The summed E-state index contributed by atoms with van der Waals surface area (Å²) in [5.74, 6) is -0.0200. The molecule has 0 aromatic heterocycles. The van der Waals surface area contributed by atoms with Crippen LogP contribution >= 0.6 is 11.8 Å². The third-order valence-corrected chi connectivity index (χ3v) is 3.42. The SMILES string of the molecule is CSc1ccc(/C=C/C(=O)c2cccc(O)c2)cc1. The predicted octanol–water partition coefficient (Wildman–Crippen LogP) is 4.01. The monoisotopic (exact) mass is 270 g/mol. The second-order valence-corrected chi connectivity index (χ2v) is 4.90. The van der Waals surface area contributed by atoms with Gasteiger partial charge in [-0.3, -0.25) is 4.79 Å². The van der Waals surface area contributed by atoms with Gasteiger partial charge in [-0.25, -0.2) is 0 Å². The van der Waals surface area contributed by atoms with Crippen LogP contribution in [0.5, 0.6) is 5.75 Å². The van der Waals surface area contributed by atoms with Crippen molar-refractivity contribution >= 4 is 23.6 Å². The molecule has 19 heavy (non-hydrogen) atoms. The summed E-state index contributed by atoms with van der Waals surface area (Å²) in [6.07, 6.45) is 5.32. The summed E-state index contributed by atoms with van der Waals surface area (Å²) in [5.41, 5.74) is 1.46. The van der Waals surface area contributed by atoms with Gasteiger partial charge in [-0.2, -0.15) is 0 Å². The maximum absolute atomic E-state index is 11.9. The van der Waals surface area contributed by atoms with E-state index >= 15 is 0 Å². The number of carbonyl (C=O) groups is 1. The van der Waals surface area contributed by atoms with Crippen LogP contribution in [0.4, 0.5) is 0 Å². The first-order chi connectivity index (χ1) is 9.19. The predicted molar refractivity (Wildman–Crippen MR) is 79.7 cm³/mol. The van der Waals surface area contributed by atoms with E-state index in [2.05, 4.69) is 0 Å². The molecule has 0 saturated carbocycles. The van der Waals surface area contributed by atoms with Gasteiger partial charge in [-0.1, -0.05) is 30.3 Å². The van der Waals surface area contributed by atoms with Crippen LogP contribution in [0.25, 0.3) is 6.08 Å². The highest BCUT2D eigenvalue weighted by Gasteiger charge is 2.01. The molecule has 1 N–H and O–H groups in total. The van der Waals surface area contributed by atoms with E-state index in [0.29, 0.717) is 5.56 Å². The van der Waals surface area contributed by atoms with Crippen LogP contribution in [0.2, 0.25) is 0 Å². The van der Waals surface area contributed by atoms with E-state index in [0.717, 1.165) is 5.56 Å². The largest absolute Gasteiger partial charge is 0.508 e. The molecule has 0 radical (unpaired) electrons. The van der Waals surface area contributed by atoms with E-state index in [9.17, 15) is 9.90 Å². The number of rotatable bonds is 4. The zero-order valence-corrected chi connectivity index (χ0v) is 11.4. The fourth-order valence-electron chi connectivity index (χ4n) is 1.64. The van der Waals surface area contributed by atoms with Gasteiger partial charge in [0.1, 0.15) is 5.75 Å². The summed E-state index contributed by atoms with van der Waals surface area (Å²) >= 11 is 1.68. The van der Waals surface area contributed by atoms with E-state index in [1.54, 1.807) is 36.0 Å². The highest BCUT2D eigenvalue weighted by molar-refractivity contribution is 7.98. The molecule has 96 valence electrons. The Balaban J connectivity index is 2.11. The van der Waals surface area contributed by atoms with Gasteiger partial charge in [0, 0.05) is 10.5 Å². The van der Waals surface area contributed by atoms with Crippen molar-refractivity contribution in [1.82, 2.24) is 0 Å². The zero-order chi connectivity index (χ0) is 13.7. The molecule has 0 aliphatic heterocycles. The molecule has 3 heteroatoms. The van der Waals surface area contributed by atoms with Crippen molar-refractivity contribution in [2.24, 2.45) is 0 Å². The lowest BCUT2D eigenvalue weighted by atomic mass is 10.1. The molecule has 0 amide bonds. The Morgan fingerprint density at radius 2 is 1.89 bits per heavy atom. The highest BCUT2D eigenvalue weighted by atomic mass is 32.2. The molecular formula is C16H14O2S. The molecule has 0 spiro atoms. The molecule has 0 aliphatic carbocycles. The lowest BCUT2D eigenvalue weighted by molar-refractivity contribution is 0.104. The third-order valence-electron chi connectivity index (χ3n) is 2.67. The molecule has 0 bridgehead atoms. The standard InChI is InChI=1S/C16H14O2S/c1-19-15-8-5-12(6-9-15)7-10-16(18)13-3-2-4-14(17)11-13/h2-11,17H,1H3/b10-7+. The number of hydrogen-bond donors (Lipinski definition) is 1. The summed E-state index contributed by atoms with van der Waals surface area (Å²) < 4.78 is 0. The molecule has 2 aromatic rings. The molecule has 0 fully saturated rings. The number of allylic oxidation sites excluding steroid dienone is 1. The van der Waals surface area contributed by atoms with Gasteiger partial charge in [-0.05, 0) is 42.2 Å². The number of hydrogen-bond acceptors (Lipinski definition) is 3. The van der Waals surface area contributed by atoms with Gasteiger partial charge >= 0.3 is 0 Å². The van der Waals surface area contributed by atoms with E-state index in [1.807, 2.05) is 30.5 Å². The molecule has 0 heterocycles. The quantitative estimate of drug-likeness (QED) is 0.518. The number of phenols is 1. The Kier molecular flexibility index (Phi) is 4.42. The molecule has 2 nitrogen and oxygen atoms in total. The minimum Gasteiger partial charge on any atom is -0.508 e. The lowest BCUT2D eigenvalue weighted by Crippen LogP contribution is -1.93. The number of carbonyl (C=O) groups excluding carboxylic acids is 1. The molecule has 2 aromatic carbocycles. The van der Waals surface area contributed by atoms with E-state index in [4.69, 9.17) is 0 Å². The van der Waals surface area contributed by atoms with Gasteiger partial charge in [0.2, 0.25) is 0 Å². The maximum atomic E-state index is 11.9. The average Bonchev–Trinajstić information content (AvgIpc) is 2.45.